The second kappa shape index (κ2) is 6.33. The van der Waals surface area contributed by atoms with Crippen LogP contribution in [0, 0.1) is 0 Å². The Kier molecular flexibility index (Phi) is 4.51. The molecule has 0 bridgehead atoms. The zero-order chi connectivity index (χ0) is 14.5. The van der Waals surface area contributed by atoms with Crippen molar-refractivity contribution in [3.63, 3.8) is 0 Å². The lowest BCUT2D eigenvalue weighted by atomic mass is 10.1. The Labute approximate surface area is 120 Å². The average Bonchev–Trinajstić information content (AvgIpc) is 2.46. The van der Waals surface area contributed by atoms with Gasteiger partial charge in [-0.1, -0.05) is 30.3 Å². The molecule has 1 unspecified atom stereocenters. The van der Waals surface area contributed by atoms with Crippen LogP contribution in [-0.2, 0) is 13.5 Å². The summed E-state index contributed by atoms with van der Waals surface area (Å²) in [5, 5.41) is 0. The molecule has 1 atom stereocenters. The van der Waals surface area contributed by atoms with Crippen molar-refractivity contribution in [3.05, 3.63) is 66.0 Å². The number of aromatic nitrogens is 1. The first-order valence-electron chi connectivity index (χ1n) is 6.84. The van der Waals surface area contributed by atoms with Crippen molar-refractivity contribution in [1.29, 1.82) is 0 Å². The molecule has 3 nitrogen and oxygen atoms in total. The van der Waals surface area contributed by atoms with Crippen LogP contribution in [0.5, 0.6) is 0 Å². The summed E-state index contributed by atoms with van der Waals surface area (Å²) in [5.74, 6) is 0.0598. The maximum atomic E-state index is 12.4. The number of aryl methyl sites for hydroxylation is 1. The van der Waals surface area contributed by atoms with Gasteiger partial charge in [-0.3, -0.25) is 4.79 Å². The number of nitrogens with zero attached hydrogens (tertiary/aromatic N) is 2. The minimum Gasteiger partial charge on any atom is -0.338 e. The lowest BCUT2D eigenvalue weighted by Crippen LogP contribution is -2.38. The van der Waals surface area contributed by atoms with Gasteiger partial charge in [0.2, 0.25) is 0 Å². The zero-order valence-electron chi connectivity index (χ0n) is 12.3. The van der Waals surface area contributed by atoms with Crippen molar-refractivity contribution in [2.45, 2.75) is 19.4 Å². The van der Waals surface area contributed by atoms with Crippen LogP contribution >= 0.6 is 0 Å². The third-order valence-electron chi connectivity index (χ3n) is 3.54. The molecule has 0 radical (unpaired) electrons. The molecule has 2 rings (SSSR count). The fraction of sp³-hybridized carbons (Fsp3) is 0.294. The van der Waals surface area contributed by atoms with Gasteiger partial charge in [0.1, 0.15) is 12.6 Å². The second-order valence-electron chi connectivity index (χ2n) is 5.21. The maximum absolute atomic E-state index is 12.4. The van der Waals surface area contributed by atoms with Gasteiger partial charge in [0.05, 0.1) is 0 Å². The fourth-order valence-corrected chi connectivity index (χ4v) is 2.21. The van der Waals surface area contributed by atoms with Gasteiger partial charge in [0.15, 0.2) is 12.4 Å². The molecule has 3 heteroatoms. The molecule has 1 aromatic carbocycles. The molecule has 1 amide bonds. The van der Waals surface area contributed by atoms with Gasteiger partial charge in [-0.2, -0.15) is 0 Å². The van der Waals surface area contributed by atoms with E-state index in [4.69, 9.17) is 0 Å². The molecule has 0 N–H and O–H groups in total. The highest BCUT2D eigenvalue weighted by Crippen LogP contribution is 2.10. The molecule has 0 fully saturated rings. The third-order valence-corrected chi connectivity index (χ3v) is 3.54. The molecule has 104 valence electrons. The molecule has 0 saturated heterocycles. The SMILES string of the molecule is CC(Cc1ccccc1)N(C)C(=O)c1ccc[n+](C)c1. The van der Waals surface area contributed by atoms with E-state index in [0.717, 1.165) is 12.0 Å². The lowest BCUT2D eigenvalue weighted by molar-refractivity contribution is -0.671. The summed E-state index contributed by atoms with van der Waals surface area (Å²) in [6, 6.07) is 14.2. The number of hydrogen-bond donors (Lipinski definition) is 0. The van der Waals surface area contributed by atoms with Crippen LogP contribution < -0.4 is 4.57 Å². The van der Waals surface area contributed by atoms with Crippen molar-refractivity contribution < 1.29 is 9.36 Å². The maximum Gasteiger partial charge on any atom is 0.259 e. The van der Waals surface area contributed by atoms with Crippen molar-refractivity contribution in [3.8, 4) is 0 Å². The Bertz CT molecular complexity index is 581. The van der Waals surface area contributed by atoms with Gasteiger partial charge in [0.25, 0.3) is 5.91 Å². The smallest absolute Gasteiger partial charge is 0.259 e. The average molecular weight is 269 g/mol. The van der Waals surface area contributed by atoms with Gasteiger partial charge in [-0.05, 0) is 25.0 Å². The molecule has 1 heterocycles. The normalized spacial score (nSPS) is 11.9. The lowest BCUT2D eigenvalue weighted by Gasteiger charge is -2.24. The van der Waals surface area contributed by atoms with E-state index in [-0.39, 0.29) is 11.9 Å². The highest BCUT2D eigenvalue weighted by Gasteiger charge is 2.19. The first-order valence-corrected chi connectivity index (χ1v) is 6.84. The molecular formula is C17H21N2O+. The third kappa shape index (κ3) is 3.44. The van der Waals surface area contributed by atoms with Crippen molar-refractivity contribution >= 4 is 5.91 Å². The van der Waals surface area contributed by atoms with Crippen LogP contribution in [0.15, 0.2) is 54.9 Å². The topological polar surface area (TPSA) is 24.2 Å². The van der Waals surface area contributed by atoms with E-state index in [1.807, 2.05) is 66.3 Å². The Morgan fingerprint density at radius 1 is 1.20 bits per heavy atom. The Morgan fingerprint density at radius 2 is 1.90 bits per heavy atom. The Balaban J connectivity index is 2.06. The number of likely N-dealkylation sites (N-methyl/N-ethyl adjacent to an activating group) is 1. The van der Waals surface area contributed by atoms with E-state index in [9.17, 15) is 4.79 Å². The van der Waals surface area contributed by atoms with Crippen LogP contribution in [0.2, 0.25) is 0 Å². The minimum absolute atomic E-state index is 0.0598. The molecule has 0 saturated carbocycles. The predicted octanol–water partition coefficient (Wildman–Crippen LogP) is 2.21. The van der Waals surface area contributed by atoms with Gasteiger partial charge in [-0.25, -0.2) is 4.57 Å². The predicted molar refractivity (Wildman–Crippen MR) is 79.3 cm³/mol. The second-order valence-corrected chi connectivity index (χ2v) is 5.21. The van der Waals surface area contributed by atoms with E-state index in [2.05, 4.69) is 19.1 Å². The summed E-state index contributed by atoms with van der Waals surface area (Å²) in [5.41, 5.74) is 1.97. The minimum atomic E-state index is 0.0598. The number of pyridine rings is 1. The molecule has 0 aliphatic rings. The van der Waals surface area contributed by atoms with E-state index >= 15 is 0 Å². The molecule has 0 spiro atoms. The highest BCUT2D eigenvalue weighted by atomic mass is 16.2. The number of hydrogen-bond acceptors (Lipinski definition) is 1. The number of carbonyl (C=O) groups excluding carboxylic acids is 1. The van der Waals surface area contributed by atoms with Crippen molar-refractivity contribution in [2.24, 2.45) is 7.05 Å². The van der Waals surface area contributed by atoms with Crippen molar-refractivity contribution in [1.82, 2.24) is 4.90 Å². The van der Waals surface area contributed by atoms with Gasteiger partial charge in [0, 0.05) is 19.2 Å². The van der Waals surface area contributed by atoms with Gasteiger partial charge in [-0.15, -0.1) is 0 Å². The fourth-order valence-electron chi connectivity index (χ4n) is 2.21. The molecular weight excluding hydrogens is 248 g/mol. The number of amides is 1. The van der Waals surface area contributed by atoms with E-state index in [1.165, 1.54) is 5.56 Å². The van der Waals surface area contributed by atoms with Crippen LogP contribution in [0.25, 0.3) is 0 Å². The largest absolute Gasteiger partial charge is 0.338 e. The summed E-state index contributed by atoms with van der Waals surface area (Å²) >= 11 is 0. The standard InChI is InChI=1S/C17H21N2O/c1-14(12-15-8-5-4-6-9-15)19(3)17(20)16-10-7-11-18(2)13-16/h4-11,13-14H,12H2,1-3H3/q+1. The van der Waals surface area contributed by atoms with Crippen LogP contribution in [-0.4, -0.2) is 23.9 Å². The van der Waals surface area contributed by atoms with E-state index in [1.54, 1.807) is 0 Å². The first kappa shape index (κ1) is 14.3. The van der Waals surface area contributed by atoms with Crippen molar-refractivity contribution in [2.75, 3.05) is 7.05 Å². The van der Waals surface area contributed by atoms with E-state index < -0.39 is 0 Å². The van der Waals surface area contributed by atoms with Crippen LogP contribution in [0.3, 0.4) is 0 Å². The van der Waals surface area contributed by atoms with Gasteiger partial charge < -0.3 is 4.90 Å². The Hall–Kier alpha value is -2.16. The number of carbonyl (C=O) groups is 1. The van der Waals surface area contributed by atoms with Gasteiger partial charge >= 0.3 is 0 Å². The molecule has 0 aliphatic heterocycles. The van der Waals surface area contributed by atoms with Crippen LogP contribution in [0.1, 0.15) is 22.8 Å². The summed E-state index contributed by atoms with van der Waals surface area (Å²) in [7, 11) is 3.78. The molecule has 2 aromatic rings. The molecule has 0 aliphatic carbocycles. The summed E-state index contributed by atoms with van der Waals surface area (Å²) in [4.78, 5) is 14.2. The Morgan fingerprint density at radius 3 is 2.55 bits per heavy atom. The van der Waals surface area contributed by atoms with Crippen LogP contribution in [0.4, 0.5) is 0 Å². The first-order chi connectivity index (χ1) is 9.58. The summed E-state index contributed by atoms with van der Waals surface area (Å²) < 4.78 is 1.89. The number of rotatable bonds is 4. The summed E-state index contributed by atoms with van der Waals surface area (Å²) in [6.07, 6.45) is 4.64. The molecule has 1 aromatic heterocycles. The monoisotopic (exact) mass is 269 g/mol. The quantitative estimate of drug-likeness (QED) is 0.781. The summed E-state index contributed by atoms with van der Waals surface area (Å²) in [6.45, 7) is 2.08. The molecule has 20 heavy (non-hydrogen) atoms. The zero-order valence-corrected chi connectivity index (χ0v) is 12.3. The highest BCUT2D eigenvalue weighted by molar-refractivity contribution is 5.93. The van der Waals surface area contributed by atoms with E-state index in [0.29, 0.717) is 0 Å². The number of benzene rings is 1.